The standard InChI is InChI=1S/C22H27Cl2N3O/c1-3-26-10-12-27(13-11-26)19-7-8-21(16(2)14-19)25-22(28)9-5-17-4-6-18(23)15-20(17)24/h4,6-8,14-15H,3,5,9-13H2,1-2H3,(H,25,28). The average molecular weight is 420 g/mol. The van der Waals surface area contributed by atoms with E-state index in [0.29, 0.717) is 22.9 Å². The van der Waals surface area contributed by atoms with Gasteiger partial charge in [0.25, 0.3) is 0 Å². The van der Waals surface area contributed by atoms with Crippen molar-refractivity contribution in [3.63, 3.8) is 0 Å². The van der Waals surface area contributed by atoms with Crippen LogP contribution >= 0.6 is 23.2 Å². The number of anilines is 2. The van der Waals surface area contributed by atoms with Gasteiger partial charge in [0.1, 0.15) is 0 Å². The molecule has 1 amide bonds. The fraction of sp³-hybridized carbons (Fsp3) is 0.409. The molecule has 1 N–H and O–H groups in total. The molecular formula is C22H27Cl2N3O. The zero-order valence-electron chi connectivity index (χ0n) is 16.5. The van der Waals surface area contributed by atoms with Crippen molar-refractivity contribution in [1.29, 1.82) is 0 Å². The van der Waals surface area contributed by atoms with Crippen molar-refractivity contribution in [3.8, 4) is 0 Å². The number of nitrogens with one attached hydrogen (secondary N) is 1. The number of carbonyl (C=O) groups excluding carboxylic acids is 1. The predicted octanol–water partition coefficient (Wildman–Crippen LogP) is 5.02. The second kappa shape index (κ2) is 9.64. The lowest BCUT2D eigenvalue weighted by atomic mass is 10.1. The van der Waals surface area contributed by atoms with Gasteiger partial charge in [0.05, 0.1) is 0 Å². The minimum atomic E-state index is -0.0153. The maximum atomic E-state index is 12.4. The third-order valence-corrected chi connectivity index (χ3v) is 5.89. The number of nitrogens with zero attached hydrogens (tertiary/aromatic N) is 2. The van der Waals surface area contributed by atoms with Crippen molar-refractivity contribution < 1.29 is 4.79 Å². The fourth-order valence-corrected chi connectivity index (χ4v) is 4.00. The van der Waals surface area contributed by atoms with E-state index in [4.69, 9.17) is 23.2 Å². The van der Waals surface area contributed by atoms with E-state index in [1.165, 1.54) is 5.69 Å². The Morgan fingerprint density at radius 1 is 1.07 bits per heavy atom. The highest BCUT2D eigenvalue weighted by Crippen LogP contribution is 2.25. The van der Waals surface area contributed by atoms with Gasteiger partial charge in [-0.3, -0.25) is 4.79 Å². The van der Waals surface area contributed by atoms with Crippen LogP contribution in [0.3, 0.4) is 0 Å². The molecule has 1 heterocycles. The van der Waals surface area contributed by atoms with Gasteiger partial charge in [0.2, 0.25) is 5.91 Å². The number of benzene rings is 2. The molecule has 1 saturated heterocycles. The van der Waals surface area contributed by atoms with Crippen molar-refractivity contribution >= 4 is 40.5 Å². The molecule has 0 aromatic heterocycles. The van der Waals surface area contributed by atoms with Gasteiger partial charge in [0, 0.05) is 54.0 Å². The first-order valence-electron chi connectivity index (χ1n) is 9.78. The van der Waals surface area contributed by atoms with Crippen LogP contribution in [0.1, 0.15) is 24.5 Å². The third kappa shape index (κ3) is 5.40. The molecule has 0 atom stereocenters. The van der Waals surface area contributed by atoms with E-state index in [9.17, 15) is 4.79 Å². The van der Waals surface area contributed by atoms with Crippen LogP contribution in [0, 0.1) is 6.92 Å². The second-order valence-corrected chi connectivity index (χ2v) is 8.05. The molecule has 2 aromatic carbocycles. The molecule has 28 heavy (non-hydrogen) atoms. The summed E-state index contributed by atoms with van der Waals surface area (Å²) in [6, 6.07) is 11.6. The average Bonchev–Trinajstić information content (AvgIpc) is 2.69. The number of aryl methyl sites for hydroxylation is 2. The van der Waals surface area contributed by atoms with Crippen LogP contribution in [0.2, 0.25) is 10.0 Å². The van der Waals surface area contributed by atoms with E-state index in [0.717, 1.165) is 49.5 Å². The maximum absolute atomic E-state index is 12.4. The van der Waals surface area contributed by atoms with Gasteiger partial charge >= 0.3 is 0 Å². The molecule has 1 aliphatic heterocycles. The Morgan fingerprint density at radius 2 is 1.82 bits per heavy atom. The second-order valence-electron chi connectivity index (χ2n) is 7.20. The van der Waals surface area contributed by atoms with Crippen molar-refractivity contribution in [2.45, 2.75) is 26.7 Å². The lowest BCUT2D eigenvalue weighted by molar-refractivity contribution is -0.116. The molecule has 0 aliphatic carbocycles. The zero-order valence-corrected chi connectivity index (χ0v) is 18.0. The first-order chi connectivity index (χ1) is 13.5. The SMILES string of the molecule is CCN1CCN(c2ccc(NC(=O)CCc3ccc(Cl)cc3Cl)c(C)c2)CC1. The van der Waals surface area contributed by atoms with E-state index >= 15 is 0 Å². The molecule has 150 valence electrons. The number of rotatable bonds is 6. The minimum absolute atomic E-state index is 0.0153. The van der Waals surface area contributed by atoms with Crippen molar-refractivity contribution in [2.24, 2.45) is 0 Å². The maximum Gasteiger partial charge on any atom is 0.224 e. The molecule has 0 unspecified atom stereocenters. The Balaban J connectivity index is 1.56. The van der Waals surface area contributed by atoms with Crippen molar-refractivity contribution in [3.05, 3.63) is 57.6 Å². The highest BCUT2D eigenvalue weighted by molar-refractivity contribution is 6.35. The van der Waals surface area contributed by atoms with Gasteiger partial charge in [-0.1, -0.05) is 36.2 Å². The number of hydrogen-bond donors (Lipinski definition) is 1. The summed E-state index contributed by atoms with van der Waals surface area (Å²) in [7, 11) is 0. The number of halogens is 2. The van der Waals surface area contributed by atoms with Crippen LogP contribution in [0.15, 0.2) is 36.4 Å². The Hall–Kier alpha value is -1.75. The molecule has 4 nitrogen and oxygen atoms in total. The minimum Gasteiger partial charge on any atom is -0.369 e. The lowest BCUT2D eigenvalue weighted by Crippen LogP contribution is -2.46. The van der Waals surface area contributed by atoms with Gasteiger partial charge in [0.15, 0.2) is 0 Å². The highest BCUT2D eigenvalue weighted by atomic mass is 35.5. The number of amides is 1. The Kier molecular flexibility index (Phi) is 7.22. The molecule has 1 aliphatic rings. The van der Waals surface area contributed by atoms with E-state index in [1.807, 2.05) is 19.1 Å². The Morgan fingerprint density at radius 3 is 2.46 bits per heavy atom. The highest BCUT2D eigenvalue weighted by Gasteiger charge is 2.16. The quantitative estimate of drug-likeness (QED) is 0.713. The monoisotopic (exact) mass is 419 g/mol. The first kappa shape index (κ1) is 21.0. The summed E-state index contributed by atoms with van der Waals surface area (Å²) in [5, 5.41) is 4.23. The van der Waals surface area contributed by atoms with E-state index < -0.39 is 0 Å². The summed E-state index contributed by atoms with van der Waals surface area (Å²) in [4.78, 5) is 17.2. The fourth-order valence-electron chi connectivity index (χ4n) is 3.49. The van der Waals surface area contributed by atoms with Crippen LogP contribution in [0.25, 0.3) is 0 Å². The van der Waals surface area contributed by atoms with Gasteiger partial charge < -0.3 is 15.1 Å². The van der Waals surface area contributed by atoms with Crippen LogP contribution in [-0.2, 0) is 11.2 Å². The number of carbonyl (C=O) groups is 1. The van der Waals surface area contributed by atoms with Gasteiger partial charge in [-0.15, -0.1) is 0 Å². The summed E-state index contributed by atoms with van der Waals surface area (Å²) >= 11 is 12.1. The molecule has 0 spiro atoms. The molecule has 1 fully saturated rings. The largest absolute Gasteiger partial charge is 0.369 e. The van der Waals surface area contributed by atoms with E-state index in [-0.39, 0.29) is 5.91 Å². The summed E-state index contributed by atoms with van der Waals surface area (Å²) in [6.07, 6.45) is 0.961. The molecular weight excluding hydrogens is 393 g/mol. The van der Waals surface area contributed by atoms with Crippen LogP contribution in [-0.4, -0.2) is 43.5 Å². The normalized spacial score (nSPS) is 14.9. The van der Waals surface area contributed by atoms with Gasteiger partial charge in [-0.2, -0.15) is 0 Å². The molecule has 2 aromatic rings. The zero-order chi connectivity index (χ0) is 20.1. The van der Waals surface area contributed by atoms with Crippen LogP contribution in [0.5, 0.6) is 0 Å². The number of likely N-dealkylation sites (N-methyl/N-ethyl adjacent to an activating group) is 1. The van der Waals surface area contributed by atoms with Gasteiger partial charge in [-0.25, -0.2) is 0 Å². The van der Waals surface area contributed by atoms with Crippen LogP contribution in [0.4, 0.5) is 11.4 Å². The number of piperazine rings is 1. The summed E-state index contributed by atoms with van der Waals surface area (Å²) in [5.74, 6) is -0.0153. The summed E-state index contributed by atoms with van der Waals surface area (Å²) in [6.45, 7) is 9.64. The summed E-state index contributed by atoms with van der Waals surface area (Å²) < 4.78 is 0. The molecule has 0 saturated carbocycles. The van der Waals surface area contributed by atoms with Crippen LogP contribution < -0.4 is 10.2 Å². The Labute approximate surface area is 177 Å². The lowest BCUT2D eigenvalue weighted by Gasteiger charge is -2.35. The Bertz CT molecular complexity index is 833. The molecule has 0 radical (unpaired) electrons. The van der Waals surface area contributed by atoms with Crippen molar-refractivity contribution in [1.82, 2.24) is 4.90 Å². The third-order valence-electron chi connectivity index (χ3n) is 5.31. The summed E-state index contributed by atoms with van der Waals surface area (Å²) in [5.41, 5.74) is 4.09. The van der Waals surface area contributed by atoms with Gasteiger partial charge in [-0.05, 0) is 61.3 Å². The number of hydrogen-bond acceptors (Lipinski definition) is 3. The van der Waals surface area contributed by atoms with E-state index in [1.54, 1.807) is 12.1 Å². The smallest absolute Gasteiger partial charge is 0.224 e. The first-order valence-corrected chi connectivity index (χ1v) is 10.5. The molecule has 6 heteroatoms. The molecule has 3 rings (SSSR count). The van der Waals surface area contributed by atoms with Crippen molar-refractivity contribution in [2.75, 3.05) is 42.9 Å². The molecule has 0 bridgehead atoms. The van der Waals surface area contributed by atoms with E-state index in [2.05, 4.69) is 34.2 Å². The predicted molar refractivity (Wildman–Crippen MR) is 119 cm³/mol. The topological polar surface area (TPSA) is 35.6 Å².